The standard InChI is InChI=1S/C10H13N3/c11-5-9(6-12)10-7-13-3-1-8(10)2-4-13/h8-10H,1-4,7H2/t10-/m0/s1. The fraction of sp³-hybridized carbons (Fsp3) is 0.800. The van der Waals surface area contributed by atoms with Gasteiger partial charge in [0.2, 0.25) is 0 Å². The van der Waals surface area contributed by atoms with Crippen molar-refractivity contribution in [2.24, 2.45) is 17.8 Å². The van der Waals surface area contributed by atoms with Gasteiger partial charge >= 0.3 is 0 Å². The molecule has 0 amide bonds. The molecule has 3 fully saturated rings. The van der Waals surface area contributed by atoms with E-state index in [4.69, 9.17) is 10.5 Å². The molecule has 0 unspecified atom stereocenters. The summed E-state index contributed by atoms with van der Waals surface area (Å²) in [7, 11) is 0. The molecule has 2 bridgehead atoms. The molecule has 0 aromatic carbocycles. The van der Waals surface area contributed by atoms with Crippen LogP contribution in [0, 0.1) is 40.4 Å². The van der Waals surface area contributed by atoms with Crippen molar-refractivity contribution in [3.63, 3.8) is 0 Å². The molecule has 3 aliphatic rings. The zero-order valence-electron chi connectivity index (χ0n) is 7.61. The molecule has 3 heterocycles. The van der Waals surface area contributed by atoms with Gasteiger partial charge in [-0.15, -0.1) is 0 Å². The minimum atomic E-state index is -0.381. The van der Waals surface area contributed by atoms with Gasteiger partial charge in [-0.2, -0.15) is 10.5 Å². The van der Waals surface area contributed by atoms with E-state index in [2.05, 4.69) is 17.0 Å². The maximum atomic E-state index is 8.82. The summed E-state index contributed by atoms with van der Waals surface area (Å²) >= 11 is 0. The molecule has 13 heavy (non-hydrogen) atoms. The minimum absolute atomic E-state index is 0.317. The van der Waals surface area contributed by atoms with Gasteiger partial charge in [-0.3, -0.25) is 0 Å². The molecular weight excluding hydrogens is 162 g/mol. The Balaban J connectivity index is 2.09. The summed E-state index contributed by atoms with van der Waals surface area (Å²) in [6.07, 6.45) is 2.37. The monoisotopic (exact) mass is 175 g/mol. The van der Waals surface area contributed by atoms with Gasteiger partial charge in [0.15, 0.2) is 0 Å². The lowest BCUT2D eigenvalue weighted by Crippen LogP contribution is -2.49. The molecule has 1 atom stereocenters. The molecule has 0 radical (unpaired) electrons. The van der Waals surface area contributed by atoms with Gasteiger partial charge in [-0.25, -0.2) is 0 Å². The predicted octanol–water partition coefficient (Wildman–Crippen LogP) is 0.992. The first-order valence-electron chi connectivity index (χ1n) is 4.86. The number of nitriles is 2. The van der Waals surface area contributed by atoms with Crippen LogP contribution in [-0.2, 0) is 0 Å². The van der Waals surface area contributed by atoms with Crippen molar-refractivity contribution in [3.8, 4) is 12.1 Å². The van der Waals surface area contributed by atoms with Crippen LogP contribution in [0.15, 0.2) is 0 Å². The lowest BCUT2D eigenvalue weighted by atomic mass is 9.73. The summed E-state index contributed by atoms with van der Waals surface area (Å²) < 4.78 is 0. The highest BCUT2D eigenvalue weighted by Gasteiger charge is 2.38. The summed E-state index contributed by atoms with van der Waals surface area (Å²) in [6, 6.07) is 4.24. The smallest absolute Gasteiger partial charge is 0.137 e. The molecule has 0 aliphatic carbocycles. The Hall–Kier alpha value is -1.06. The summed E-state index contributed by atoms with van der Waals surface area (Å²) in [5.41, 5.74) is 0. The van der Waals surface area contributed by atoms with E-state index in [1.165, 1.54) is 25.9 Å². The Morgan fingerprint density at radius 1 is 1.15 bits per heavy atom. The molecule has 0 N–H and O–H groups in total. The largest absolute Gasteiger partial charge is 0.303 e. The van der Waals surface area contributed by atoms with E-state index in [9.17, 15) is 0 Å². The van der Waals surface area contributed by atoms with Crippen LogP contribution in [0.3, 0.4) is 0 Å². The second kappa shape index (κ2) is 3.36. The van der Waals surface area contributed by atoms with E-state index in [0.29, 0.717) is 11.8 Å². The zero-order chi connectivity index (χ0) is 9.26. The first-order chi connectivity index (χ1) is 6.35. The molecule has 0 aromatic rings. The summed E-state index contributed by atoms with van der Waals surface area (Å²) in [5.74, 6) is 0.569. The third-order valence-electron chi connectivity index (χ3n) is 3.41. The Bertz CT molecular complexity index is 251. The molecular formula is C10H13N3. The summed E-state index contributed by atoms with van der Waals surface area (Å²) in [6.45, 7) is 3.31. The number of nitrogens with zero attached hydrogens (tertiary/aromatic N) is 3. The Labute approximate surface area is 78.6 Å². The van der Waals surface area contributed by atoms with Crippen LogP contribution in [0.4, 0.5) is 0 Å². The SMILES string of the molecule is N#CC(C#N)[C@H]1CN2CCC1CC2. The van der Waals surface area contributed by atoms with Gasteiger partial charge < -0.3 is 4.90 Å². The van der Waals surface area contributed by atoms with Crippen LogP contribution in [-0.4, -0.2) is 24.5 Å². The van der Waals surface area contributed by atoms with Crippen molar-refractivity contribution < 1.29 is 0 Å². The Morgan fingerprint density at radius 3 is 2.15 bits per heavy atom. The van der Waals surface area contributed by atoms with Gasteiger partial charge in [0.05, 0.1) is 12.1 Å². The molecule has 0 spiro atoms. The third kappa shape index (κ3) is 1.41. The highest BCUT2D eigenvalue weighted by atomic mass is 15.1. The first-order valence-corrected chi connectivity index (χ1v) is 4.86. The average molecular weight is 175 g/mol. The molecule has 3 saturated heterocycles. The third-order valence-corrected chi connectivity index (χ3v) is 3.41. The van der Waals surface area contributed by atoms with Gasteiger partial charge in [0.25, 0.3) is 0 Å². The normalized spacial score (nSPS) is 37.0. The van der Waals surface area contributed by atoms with E-state index >= 15 is 0 Å². The second-order valence-corrected chi connectivity index (χ2v) is 4.04. The van der Waals surface area contributed by atoms with Crippen LogP contribution in [0.1, 0.15) is 12.8 Å². The maximum Gasteiger partial charge on any atom is 0.137 e. The molecule has 3 heteroatoms. The minimum Gasteiger partial charge on any atom is -0.303 e. The topological polar surface area (TPSA) is 50.8 Å². The Morgan fingerprint density at radius 2 is 1.77 bits per heavy atom. The highest BCUT2D eigenvalue weighted by Crippen LogP contribution is 2.36. The molecule has 0 saturated carbocycles. The predicted molar refractivity (Wildman–Crippen MR) is 47.4 cm³/mol. The number of rotatable bonds is 1. The van der Waals surface area contributed by atoms with Crippen molar-refractivity contribution in [2.45, 2.75) is 12.8 Å². The van der Waals surface area contributed by atoms with E-state index in [1.807, 2.05) is 0 Å². The van der Waals surface area contributed by atoms with E-state index in [0.717, 1.165) is 6.54 Å². The van der Waals surface area contributed by atoms with Crippen LogP contribution >= 0.6 is 0 Å². The van der Waals surface area contributed by atoms with Gasteiger partial charge in [-0.05, 0) is 31.8 Å². The van der Waals surface area contributed by atoms with E-state index in [-0.39, 0.29) is 5.92 Å². The quantitative estimate of drug-likeness (QED) is 0.597. The lowest BCUT2D eigenvalue weighted by Gasteiger charge is -2.45. The van der Waals surface area contributed by atoms with Gasteiger partial charge in [-0.1, -0.05) is 0 Å². The van der Waals surface area contributed by atoms with Crippen LogP contribution < -0.4 is 0 Å². The summed E-state index contributed by atoms with van der Waals surface area (Å²) in [5, 5.41) is 17.6. The number of hydrogen-bond donors (Lipinski definition) is 0. The maximum absolute atomic E-state index is 8.82. The Kier molecular flexibility index (Phi) is 2.20. The molecule has 0 aromatic heterocycles. The van der Waals surface area contributed by atoms with Crippen molar-refractivity contribution in [1.82, 2.24) is 4.90 Å². The van der Waals surface area contributed by atoms with Crippen LogP contribution in [0.25, 0.3) is 0 Å². The second-order valence-electron chi connectivity index (χ2n) is 4.04. The first kappa shape index (κ1) is 8.53. The van der Waals surface area contributed by atoms with Crippen molar-refractivity contribution in [3.05, 3.63) is 0 Å². The van der Waals surface area contributed by atoms with Gasteiger partial charge in [0.1, 0.15) is 5.92 Å². The fourth-order valence-electron chi connectivity index (χ4n) is 2.61. The van der Waals surface area contributed by atoms with Crippen LogP contribution in [0.2, 0.25) is 0 Å². The van der Waals surface area contributed by atoms with E-state index in [1.54, 1.807) is 0 Å². The van der Waals surface area contributed by atoms with Crippen molar-refractivity contribution in [2.75, 3.05) is 19.6 Å². The van der Waals surface area contributed by atoms with Crippen molar-refractivity contribution >= 4 is 0 Å². The molecule has 3 rings (SSSR count). The molecule has 3 nitrogen and oxygen atoms in total. The number of piperidine rings is 3. The van der Waals surface area contributed by atoms with Gasteiger partial charge in [0, 0.05) is 12.5 Å². The van der Waals surface area contributed by atoms with Crippen LogP contribution in [0.5, 0.6) is 0 Å². The fourth-order valence-corrected chi connectivity index (χ4v) is 2.61. The molecule has 3 aliphatic heterocycles. The highest BCUT2D eigenvalue weighted by molar-refractivity contribution is 5.07. The number of fused-ring (bicyclic) bond motifs is 3. The lowest BCUT2D eigenvalue weighted by molar-refractivity contribution is 0.0412. The average Bonchev–Trinajstić information content (AvgIpc) is 2.22. The van der Waals surface area contributed by atoms with Crippen molar-refractivity contribution in [1.29, 1.82) is 10.5 Å². The number of hydrogen-bond acceptors (Lipinski definition) is 3. The zero-order valence-corrected chi connectivity index (χ0v) is 7.61. The summed E-state index contributed by atoms with van der Waals surface area (Å²) in [4.78, 5) is 2.38. The molecule has 68 valence electrons. The van der Waals surface area contributed by atoms with E-state index < -0.39 is 0 Å².